The van der Waals surface area contributed by atoms with Crippen molar-refractivity contribution in [2.24, 2.45) is 0 Å². The van der Waals surface area contributed by atoms with Crippen LogP contribution in [0.3, 0.4) is 0 Å². The second-order valence-electron chi connectivity index (χ2n) is 16.3. The van der Waals surface area contributed by atoms with Crippen LogP contribution in [0, 0.1) is 6.07 Å². The Hall–Kier alpha value is -7.33. The first-order chi connectivity index (χ1) is 30.4. The van der Waals surface area contributed by atoms with Crippen molar-refractivity contribution in [3.8, 4) is 62.0 Å². The van der Waals surface area contributed by atoms with E-state index in [-0.39, 0.29) is 32.2 Å². The third-order valence-corrected chi connectivity index (χ3v) is 12.3. The zero-order chi connectivity index (χ0) is 41.8. The molecule has 8 aromatic carbocycles. The summed E-state index contributed by atoms with van der Waals surface area (Å²) in [7, 11) is 0. The minimum atomic E-state index is -0.134. The van der Waals surface area contributed by atoms with Crippen molar-refractivity contribution in [1.82, 2.24) is 19.1 Å². The quantitative estimate of drug-likeness (QED) is 0.154. The van der Waals surface area contributed by atoms with Gasteiger partial charge < -0.3 is 9.67 Å². The van der Waals surface area contributed by atoms with Gasteiger partial charge in [0.05, 0.1) is 16.6 Å². The summed E-state index contributed by atoms with van der Waals surface area (Å²) < 4.78 is 4.48. The zero-order valence-corrected chi connectivity index (χ0v) is 37.0. The number of nitrogens with zero attached hydrogens (tertiary/aromatic N) is 4. The van der Waals surface area contributed by atoms with Gasteiger partial charge in [0.1, 0.15) is 11.6 Å². The molecule has 11 aromatic rings. The van der Waals surface area contributed by atoms with Crippen LogP contribution in [0.1, 0.15) is 25.0 Å². The zero-order valence-electron chi connectivity index (χ0n) is 34.7. The Kier molecular flexibility index (Phi) is 10.2. The summed E-state index contributed by atoms with van der Waals surface area (Å²) >= 11 is 0. The number of hydrogen-bond acceptors (Lipinski definition) is 3. The van der Waals surface area contributed by atoms with Crippen LogP contribution >= 0.6 is 0 Å². The van der Waals surface area contributed by atoms with E-state index in [1.54, 1.807) is 6.07 Å². The van der Waals surface area contributed by atoms with Crippen LogP contribution in [0.4, 0.5) is 0 Å². The van der Waals surface area contributed by atoms with Gasteiger partial charge in [0, 0.05) is 55.3 Å². The Morgan fingerprint density at radius 3 is 1.86 bits per heavy atom. The number of phenols is 1. The van der Waals surface area contributed by atoms with Gasteiger partial charge in [0.15, 0.2) is 0 Å². The molecule has 0 aliphatic rings. The Morgan fingerprint density at radius 2 is 1.13 bits per heavy atom. The van der Waals surface area contributed by atoms with Crippen molar-refractivity contribution in [3.05, 3.63) is 224 Å². The first-order valence-corrected chi connectivity index (χ1v) is 21.0. The average Bonchev–Trinajstić information content (AvgIpc) is 3.89. The van der Waals surface area contributed by atoms with Crippen LogP contribution in [0.25, 0.3) is 89.1 Å². The Bertz CT molecular complexity index is 3430. The molecule has 0 saturated heterocycles. The first-order valence-electron chi connectivity index (χ1n) is 21.0. The summed E-state index contributed by atoms with van der Waals surface area (Å²) in [6, 6.07) is 73.1. The third kappa shape index (κ3) is 6.86. The fourth-order valence-electron chi connectivity index (χ4n) is 9.05. The second-order valence-corrected chi connectivity index (χ2v) is 16.3. The second kappa shape index (κ2) is 16.2. The molecular weight excluding hydrogens is 952 g/mol. The standard InChI is InChI=1S/C57H41N4O.Pt/c1-57(2,41-17-6-3-7-18-41)42-31-29-38(30-32-42)39-33-34-58-50(37-39)40-35-48-45-23-12-14-26-51(45)60(43-19-8-4-9-20-43)55(48)49(36-40)46-25-16-27-52-54(46)59-56(47-24-13-15-28-53(47)62)61(52)44-21-10-5-11-22-44;/h3-35,37,62H,1-2H3;/q-1;. The fraction of sp³-hybridized carbons (Fsp3) is 0.0526. The topological polar surface area (TPSA) is 55.9 Å². The van der Waals surface area contributed by atoms with Crippen LogP contribution in [-0.2, 0) is 26.5 Å². The minimum absolute atomic E-state index is 0. The first kappa shape index (κ1) is 39.8. The molecule has 0 saturated carbocycles. The summed E-state index contributed by atoms with van der Waals surface area (Å²) in [4.78, 5) is 10.4. The molecule has 3 aromatic heterocycles. The number of pyridine rings is 1. The maximum absolute atomic E-state index is 11.2. The van der Waals surface area contributed by atoms with Gasteiger partial charge in [0.2, 0.25) is 0 Å². The van der Waals surface area contributed by atoms with Crippen molar-refractivity contribution in [3.63, 3.8) is 0 Å². The molecule has 0 spiro atoms. The largest absolute Gasteiger partial charge is 0.507 e. The summed E-state index contributed by atoms with van der Waals surface area (Å²) in [5.74, 6) is 0.822. The number of para-hydroxylation sites is 5. The maximum Gasteiger partial charge on any atom is 0.148 e. The molecule has 63 heavy (non-hydrogen) atoms. The molecule has 0 aliphatic heterocycles. The van der Waals surface area contributed by atoms with E-state index in [1.807, 2.05) is 42.6 Å². The van der Waals surface area contributed by atoms with E-state index in [2.05, 4.69) is 187 Å². The number of hydrogen-bond donors (Lipinski definition) is 1. The van der Waals surface area contributed by atoms with Gasteiger partial charge in [-0.2, -0.15) is 0 Å². The van der Waals surface area contributed by atoms with Crippen LogP contribution in [0.2, 0.25) is 0 Å². The Balaban J connectivity index is 0.00000471. The van der Waals surface area contributed by atoms with Crippen molar-refractivity contribution in [2.75, 3.05) is 0 Å². The van der Waals surface area contributed by atoms with E-state index in [4.69, 9.17) is 9.97 Å². The molecule has 0 radical (unpaired) electrons. The number of imidazole rings is 1. The molecule has 0 atom stereocenters. The normalized spacial score (nSPS) is 11.6. The predicted octanol–water partition coefficient (Wildman–Crippen LogP) is 14.0. The Labute approximate surface area is 380 Å². The molecule has 0 aliphatic carbocycles. The fourth-order valence-corrected chi connectivity index (χ4v) is 9.05. The maximum atomic E-state index is 11.2. The summed E-state index contributed by atoms with van der Waals surface area (Å²) in [6.07, 6.45) is 1.90. The van der Waals surface area contributed by atoms with Gasteiger partial charge in [-0.25, -0.2) is 4.98 Å². The van der Waals surface area contributed by atoms with Gasteiger partial charge in [-0.15, -0.1) is 12.1 Å². The summed E-state index contributed by atoms with van der Waals surface area (Å²) in [6.45, 7) is 4.55. The van der Waals surface area contributed by atoms with Gasteiger partial charge >= 0.3 is 0 Å². The van der Waals surface area contributed by atoms with Crippen LogP contribution < -0.4 is 0 Å². The van der Waals surface area contributed by atoms with Gasteiger partial charge in [-0.1, -0.05) is 175 Å². The molecule has 0 unspecified atom stereocenters. The molecule has 1 N–H and O–H groups in total. The molecule has 11 rings (SSSR count). The van der Waals surface area contributed by atoms with E-state index in [0.717, 1.165) is 77.7 Å². The molecule has 6 heteroatoms. The molecule has 0 bridgehead atoms. The van der Waals surface area contributed by atoms with Gasteiger partial charge in [-0.05, 0) is 87.8 Å². The third-order valence-electron chi connectivity index (χ3n) is 12.3. The number of rotatable bonds is 8. The number of aromatic nitrogens is 4. The van der Waals surface area contributed by atoms with Crippen LogP contribution in [-0.4, -0.2) is 24.2 Å². The number of phenolic OH excluding ortho intramolecular Hbond substituents is 1. The van der Waals surface area contributed by atoms with E-state index in [0.29, 0.717) is 11.4 Å². The van der Waals surface area contributed by atoms with Gasteiger partial charge in [-0.3, -0.25) is 9.55 Å². The minimum Gasteiger partial charge on any atom is -0.507 e. The average molecular weight is 993 g/mol. The van der Waals surface area contributed by atoms with E-state index in [1.165, 1.54) is 11.1 Å². The van der Waals surface area contributed by atoms with E-state index >= 15 is 0 Å². The smallest absolute Gasteiger partial charge is 0.148 e. The molecule has 306 valence electrons. The molecule has 0 fully saturated rings. The SMILES string of the molecule is CC(C)(c1ccccc1)c1ccc(-c2ccnc(-c3[c-]c(-c4cccc5c4nc(-c4ccccc4O)n5-c4ccccc4)c4c(c3)c3ccccc3n4-c3ccccc3)c2)cc1.[Pt]. The van der Waals surface area contributed by atoms with E-state index in [9.17, 15) is 5.11 Å². The van der Waals surface area contributed by atoms with Crippen LogP contribution in [0.5, 0.6) is 5.75 Å². The van der Waals surface area contributed by atoms with Gasteiger partial charge in [0.25, 0.3) is 0 Å². The Morgan fingerprint density at radius 1 is 0.524 bits per heavy atom. The number of aromatic hydroxyl groups is 1. The predicted molar refractivity (Wildman–Crippen MR) is 254 cm³/mol. The van der Waals surface area contributed by atoms with Crippen molar-refractivity contribution >= 4 is 32.8 Å². The number of fused-ring (bicyclic) bond motifs is 4. The monoisotopic (exact) mass is 992 g/mol. The molecule has 0 amide bonds. The molecule has 5 nitrogen and oxygen atoms in total. The van der Waals surface area contributed by atoms with E-state index < -0.39 is 0 Å². The summed E-state index contributed by atoms with van der Waals surface area (Å²) in [5.41, 5.74) is 14.6. The summed E-state index contributed by atoms with van der Waals surface area (Å²) in [5, 5.41) is 13.4. The molecule has 3 heterocycles. The van der Waals surface area contributed by atoms with Crippen molar-refractivity contribution in [2.45, 2.75) is 19.3 Å². The van der Waals surface area contributed by atoms with Crippen molar-refractivity contribution < 1.29 is 26.2 Å². The van der Waals surface area contributed by atoms with Crippen molar-refractivity contribution in [1.29, 1.82) is 0 Å². The van der Waals surface area contributed by atoms with Crippen LogP contribution in [0.15, 0.2) is 206 Å². The number of benzene rings is 8. The molecular formula is C57H41N4OPt-.